The van der Waals surface area contributed by atoms with Gasteiger partial charge in [0.25, 0.3) is 0 Å². The second-order valence-electron chi connectivity index (χ2n) is 3.52. The van der Waals surface area contributed by atoms with E-state index in [2.05, 4.69) is 41.4 Å². The van der Waals surface area contributed by atoms with Crippen molar-refractivity contribution in [3.8, 4) is 11.3 Å². The van der Waals surface area contributed by atoms with Crippen LogP contribution in [0.5, 0.6) is 0 Å². The number of aromatic nitrogens is 2. The van der Waals surface area contributed by atoms with Crippen molar-refractivity contribution < 1.29 is 0 Å². The molecule has 0 atom stereocenters. The van der Waals surface area contributed by atoms with Crippen molar-refractivity contribution in [2.75, 3.05) is 0 Å². The number of nitrogens with zero attached hydrogens (tertiary/aromatic N) is 1. The minimum Gasteiger partial charge on any atom is -0.326 e. The molecule has 1 aromatic carbocycles. The lowest BCUT2D eigenvalue weighted by molar-refractivity contribution is 1.08. The summed E-state index contributed by atoms with van der Waals surface area (Å²) in [6.07, 6.45) is 2.84. The van der Waals surface area contributed by atoms with E-state index in [0.29, 0.717) is 6.54 Å². The topological polar surface area (TPSA) is 54.7 Å². The van der Waals surface area contributed by atoms with Gasteiger partial charge in [-0.15, -0.1) is 0 Å². The van der Waals surface area contributed by atoms with Crippen LogP contribution in [-0.2, 0) is 13.0 Å². The smallest absolute Gasteiger partial charge is 0.0695 e. The molecule has 0 saturated heterocycles. The first-order chi connectivity index (χ1) is 7.35. The van der Waals surface area contributed by atoms with E-state index in [4.69, 9.17) is 5.73 Å². The molecule has 2 aromatic rings. The zero-order valence-corrected chi connectivity index (χ0v) is 8.83. The van der Waals surface area contributed by atoms with E-state index in [1.165, 1.54) is 5.56 Å². The van der Waals surface area contributed by atoms with Gasteiger partial charge in [-0.3, -0.25) is 5.10 Å². The van der Waals surface area contributed by atoms with Crippen molar-refractivity contribution >= 4 is 0 Å². The van der Waals surface area contributed by atoms with Gasteiger partial charge in [0.1, 0.15) is 0 Å². The number of rotatable bonds is 3. The molecule has 0 radical (unpaired) electrons. The molecular weight excluding hydrogens is 186 g/mol. The van der Waals surface area contributed by atoms with Crippen molar-refractivity contribution in [3.63, 3.8) is 0 Å². The summed E-state index contributed by atoms with van der Waals surface area (Å²) < 4.78 is 0. The summed E-state index contributed by atoms with van der Waals surface area (Å²) >= 11 is 0. The molecule has 0 unspecified atom stereocenters. The highest BCUT2D eigenvalue weighted by molar-refractivity contribution is 5.62. The average molecular weight is 201 g/mol. The highest BCUT2D eigenvalue weighted by atomic mass is 15.1. The monoisotopic (exact) mass is 201 g/mol. The van der Waals surface area contributed by atoms with Crippen LogP contribution >= 0.6 is 0 Å². The molecule has 0 spiro atoms. The number of hydrogen-bond acceptors (Lipinski definition) is 2. The molecule has 78 valence electrons. The van der Waals surface area contributed by atoms with Gasteiger partial charge in [-0.25, -0.2) is 0 Å². The highest BCUT2D eigenvalue weighted by Crippen LogP contribution is 2.21. The number of nitrogens with one attached hydrogen (secondary N) is 1. The summed E-state index contributed by atoms with van der Waals surface area (Å²) in [5.41, 5.74) is 10.2. The summed E-state index contributed by atoms with van der Waals surface area (Å²) in [6.45, 7) is 2.66. The zero-order chi connectivity index (χ0) is 10.7. The molecule has 0 fully saturated rings. The Bertz CT molecular complexity index is 428. The van der Waals surface area contributed by atoms with Crippen LogP contribution in [0.15, 0.2) is 30.5 Å². The molecule has 0 aliphatic heterocycles. The van der Waals surface area contributed by atoms with Gasteiger partial charge in [-0.1, -0.05) is 31.2 Å². The van der Waals surface area contributed by atoms with Crippen molar-refractivity contribution in [1.82, 2.24) is 10.2 Å². The molecule has 0 saturated carbocycles. The van der Waals surface area contributed by atoms with E-state index in [-0.39, 0.29) is 0 Å². The molecule has 1 aromatic heterocycles. The van der Waals surface area contributed by atoms with Crippen LogP contribution in [0.2, 0.25) is 0 Å². The van der Waals surface area contributed by atoms with E-state index >= 15 is 0 Å². The molecule has 1 heterocycles. The van der Waals surface area contributed by atoms with Crippen LogP contribution < -0.4 is 5.73 Å². The number of benzene rings is 1. The number of hydrogen-bond donors (Lipinski definition) is 2. The van der Waals surface area contributed by atoms with Crippen LogP contribution in [0.1, 0.15) is 18.1 Å². The normalized spacial score (nSPS) is 10.5. The van der Waals surface area contributed by atoms with Crippen LogP contribution in [0.4, 0.5) is 0 Å². The first kappa shape index (κ1) is 9.93. The maximum Gasteiger partial charge on any atom is 0.0695 e. The molecule has 3 nitrogen and oxygen atoms in total. The van der Waals surface area contributed by atoms with Gasteiger partial charge in [0.15, 0.2) is 0 Å². The summed E-state index contributed by atoms with van der Waals surface area (Å²) in [5, 5.41) is 6.99. The van der Waals surface area contributed by atoms with Crippen LogP contribution in [0.3, 0.4) is 0 Å². The molecular formula is C12H15N3. The van der Waals surface area contributed by atoms with Gasteiger partial charge in [-0.05, 0) is 17.5 Å². The Kier molecular flexibility index (Phi) is 2.83. The second kappa shape index (κ2) is 4.28. The van der Waals surface area contributed by atoms with Crippen molar-refractivity contribution in [1.29, 1.82) is 0 Å². The Morgan fingerprint density at radius 2 is 2.00 bits per heavy atom. The molecule has 0 bridgehead atoms. The maximum absolute atomic E-state index is 5.63. The fraction of sp³-hybridized carbons (Fsp3) is 0.250. The third-order valence-corrected chi connectivity index (χ3v) is 2.59. The number of aryl methyl sites for hydroxylation is 1. The fourth-order valence-corrected chi connectivity index (χ4v) is 1.62. The summed E-state index contributed by atoms with van der Waals surface area (Å²) in [7, 11) is 0. The van der Waals surface area contributed by atoms with Gasteiger partial charge >= 0.3 is 0 Å². The Morgan fingerprint density at radius 1 is 1.27 bits per heavy atom. The van der Waals surface area contributed by atoms with E-state index in [9.17, 15) is 0 Å². The molecule has 0 aliphatic carbocycles. The third kappa shape index (κ3) is 1.92. The van der Waals surface area contributed by atoms with E-state index in [0.717, 1.165) is 23.2 Å². The lowest BCUT2D eigenvalue weighted by Gasteiger charge is -2.02. The van der Waals surface area contributed by atoms with Gasteiger partial charge in [0.2, 0.25) is 0 Å². The first-order valence-corrected chi connectivity index (χ1v) is 5.16. The largest absolute Gasteiger partial charge is 0.326 e. The summed E-state index contributed by atoms with van der Waals surface area (Å²) in [4.78, 5) is 0. The van der Waals surface area contributed by atoms with Crippen molar-refractivity contribution in [2.45, 2.75) is 19.9 Å². The molecule has 2 rings (SSSR count). The summed E-state index contributed by atoms with van der Waals surface area (Å²) in [6, 6.07) is 8.48. The van der Waals surface area contributed by atoms with Gasteiger partial charge in [0.05, 0.1) is 11.9 Å². The van der Waals surface area contributed by atoms with E-state index in [1.54, 1.807) is 6.20 Å². The van der Waals surface area contributed by atoms with Crippen molar-refractivity contribution in [2.24, 2.45) is 5.73 Å². The zero-order valence-electron chi connectivity index (χ0n) is 8.83. The lowest BCUT2D eigenvalue weighted by atomic mass is 10.1. The van der Waals surface area contributed by atoms with Gasteiger partial charge < -0.3 is 5.73 Å². The second-order valence-corrected chi connectivity index (χ2v) is 3.52. The minimum absolute atomic E-state index is 0.515. The molecule has 0 amide bonds. The van der Waals surface area contributed by atoms with Crippen molar-refractivity contribution in [3.05, 3.63) is 41.6 Å². The number of aromatic amines is 1. The minimum atomic E-state index is 0.515. The average Bonchev–Trinajstić information content (AvgIpc) is 2.77. The Balaban J connectivity index is 2.37. The first-order valence-electron chi connectivity index (χ1n) is 5.16. The standard InChI is InChI=1S/C12H15N3/c1-2-9-3-5-10(6-4-9)12-11(7-13)8-14-15-12/h3-6,8H,2,7,13H2,1H3,(H,14,15). The predicted molar refractivity (Wildman–Crippen MR) is 61.3 cm³/mol. The molecule has 0 aliphatic rings. The van der Waals surface area contributed by atoms with Gasteiger partial charge in [-0.2, -0.15) is 5.10 Å². The Hall–Kier alpha value is -1.61. The molecule has 3 N–H and O–H groups in total. The number of H-pyrrole nitrogens is 1. The lowest BCUT2D eigenvalue weighted by Crippen LogP contribution is -1.96. The van der Waals surface area contributed by atoms with Gasteiger partial charge in [0, 0.05) is 12.1 Å². The summed E-state index contributed by atoms with van der Waals surface area (Å²) in [5.74, 6) is 0. The van der Waals surface area contributed by atoms with Crippen LogP contribution in [-0.4, -0.2) is 10.2 Å². The Morgan fingerprint density at radius 3 is 2.60 bits per heavy atom. The van der Waals surface area contributed by atoms with E-state index in [1.807, 2.05) is 0 Å². The molecule has 15 heavy (non-hydrogen) atoms. The SMILES string of the molecule is CCc1ccc(-c2[nH]ncc2CN)cc1. The third-order valence-electron chi connectivity index (χ3n) is 2.59. The quantitative estimate of drug-likeness (QED) is 0.799. The predicted octanol–water partition coefficient (Wildman–Crippen LogP) is 2.10. The molecule has 3 heteroatoms. The van der Waals surface area contributed by atoms with Crippen LogP contribution in [0.25, 0.3) is 11.3 Å². The Labute approximate surface area is 89.3 Å². The maximum atomic E-state index is 5.63. The highest BCUT2D eigenvalue weighted by Gasteiger charge is 2.05. The number of nitrogens with two attached hydrogens (primary N) is 1. The van der Waals surface area contributed by atoms with Crippen LogP contribution in [0, 0.1) is 0 Å². The fourth-order valence-electron chi connectivity index (χ4n) is 1.62. The van der Waals surface area contributed by atoms with E-state index < -0.39 is 0 Å².